The predicted molar refractivity (Wildman–Crippen MR) is 124 cm³/mol. The molecule has 1 unspecified atom stereocenters. The molecule has 7 nitrogen and oxygen atoms in total. The van der Waals surface area contributed by atoms with Gasteiger partial charge in [0, 0.05) is 28.6 Å². The Morgan fingerprint density at radius 1 is 1.23 bits per heavy atom. The molecular weight excluding hydrogens is 418 g/mol. The number of aliphatic hydroxyl groups excluding tert-OH is 1. The summed E-state index contributed by atoms with van der Waals surface area (Å²) in [6.07, 6.45) is 3.98. The van der Waals surface area contributed by atoms with Gasteiger partial charge in [-0.15, -0.1) is 0 Å². The van der Waals surface area contributed by atoms with E-state index in [2.05, 4.69) is 34.4 Å². The number of nitrogens with zero attached hydrogens (tertiary/aromatic N) is 2. The van der Waals surface area contributed by atoms with Crippen molar-refractivity contribution in [2.75, 3.05) is 23.5 Å². The molecule has 2 heterocycles. The normalized spacial score (nSPS) is 14.3. The molecule has 3 aromatic rings. The fourth-order valence-corrected chi connectivity index (χ4v) is 4.36. The van der Waals surface area contributed by atoms with Crippen LogP contribution >= 0.6 is 11.3 Å². The van der Waals surface area contributed by atoms with Gasteiger partial charge in [-0.1, -0.05) is 13.8 Å². The van der Waals surface area contributed by atoms with Crippen molar-refractivity contribution in [1.29, 1.82) is 4.78 Å². The van der Waals surface area contributed by atoms with E-state index >= 15 is 0 Å². The van der Waals surface area contributed by atoms with Crippen LogP contribution in [0.3, 0.4) is 0 Å². The first kappa shape index (κ1) is 22.2. The molecule has 4 N–H and O–H groups in total. The van der Waals surface area contributed by atoms with E-state index in [4.69, 9.17) is 4.78 Å². The molecule has 0 saturated heterocycles. The molecule has 160 valence electrons. The summed E-state index contributed by atoms with van der Waals surface area (Å²) in [7, 11) is -2.75. The highest BCUT2D eigenvalue weighted by Crippen LogP contribution is 2.30. The molecule has 0 bridgehead atoms. The van der Waals surface area contributed by atoms with Crippen LogP contribution in [0.2, 0.25) is 0 Å². The molecule has 0 saturated carbocycles. The van der Waals surface area contributed by atoms with Crippen LogP contribution in [-0.4, -0.2) is 38.2 Å². The van der Waals surface area contributed by atoms with Crippen molar-refractivity contribution in [3.8, 4) is 11.1 Å². The minimum absolute atomic E-state index is 0.0128. The summed E-state index contributed by atoms with van der Waals surface area (Å²) in [6.45, 7) is 4.25. The second-order valence-electron chi connectivity index (χ2n) is 7.61. The highest BCUT2D eigenvalue weighted by Gasteiger charge is 2.16. The molecule has 9 heteroatoms. The van der Waals surface area contributed by atoms with Crippen LogP contribution < -0.4 is 10.6 Å². The van der Waals surface area contributed by atoms with Gasteiger partial charge in [0.25, 0.3) is 0 Å². The monoisotopic (exact) mass is 445 g/mol. The van der Waals surface area contributed by atoms with Crippen LogP contribution in [0.4, 0.5) is 17.5 Å². The van der Waals surface area contributed by atoms with Gasteiger partial charge in [0.2, 0.25) is 5.95 Å². The molecule has 1 aromatic carbocycles. The van der Waals surface area contributed by atoms with Crippen LogP contribution in [0.25, 0.3) is 11.1 Å². The van der Waals surface area contributed by atoms with Gasteiger partial charge in [-0.2, -0.15) is 16.3 Å². The van der Waals surface area contributed by atoms with Crippen molar-refractivity contribution in [2.24, 2.45) is 5.92 Å². The molecule has 2 atom stereocenters. The maximum absolute atomic E-state index is 11.9. The van der Waals surface area contributed by atoms with Gasteiger partial charge >= 0.3 is 0 Å². The first-order valence-corrected chi connectivity index (χ1v) is 12.5. The summed E-state index contributed by atoms with van der Waals surface area (Å²) < 4.78 is 19.5. The molecule has 0 aliphatic heterocycles. The van der Waals surface area contributed by atoms with Gasteiger partial charge in [-0.3, -0.25) is 0 Å². The van der Waals surface area contributed by atoms with E-state index in [1.54, 1.807) is 41.8 Å². The SMILES string of the molecule is CC(C)C[C@@H](CO)Nc1nc(Nc2ccc(S(C)(=N)=O)cc2)ncc1-c1ccsc1. The standard InChI is InChI=1S/C21H27N5O2S2/c1-14(2)10-17(12-27)24-20-19(15-8-9-29-13-15)11-23-21(26-20)25-16-4-6-18(7-5-16)30(3,22)28/h4-9,11,13-14,17,22,27H,10,12H2,1-3H3,(H2,23,24,25,26)/t17-,30?/m0/s1. The fourth-order valence-electron chi connectivity index (χ4n) is 3.05. The molecule has 0 radical (unpaired) electrons. The lowest BCUT2D eigenvalue weighted by molar-refractivity contribution is 0.259. The van der Waals surface area contributed by atoms with Crippen LogP contribution in [0.15, 0.2) is 52.2 Å². The van der Waals surface area contributed by atoms with E-state index in [-0.39, 0.29) is 12.6 Å². The lowest BCUT2D eigenvalue weighted by Crippen LogP contribution is -2.26. The summed E-state index contributed by atoms with van der Waals surface area (Å²) in [5.74, 6) is 1.50. The largest absolute Gasteiger partial charge is 0.394 e. The van der Waals surface area contributed by atoms with Gasteiger partial charge in [0.15, 0.2) is 0 Å². The molecular formula is C21H27N5O2S2. The van der Waals surface area contributed by atoms with E-state index in [1.165, 1.54) is 6.26 Å². The Kier molecular flexibility index (Phi) is 7.06. The van der Waals surface area contributed by atoms with Crippen molar-refractivity contribution in [1.82, 2.24) is 9.97 Å². The quantitative estimate of drug-likeness (QED) is 0.376. The lowest BCUT2D eigenvalue weighted by Gasteiger charge is -2.21. The number of hydrogen-bond donors (Lipinski definition) is 4. The predicted octanol–water partition coefficient (Wildman–Crippen LogP) is 4.80. The first-order valence-electron chi connectivity index (χ1n) is 9.64. The summed E-state index contributed by atoms with van der Waals surface area (Å²) in [6, 6.07) is 8.75. The average Bonchev–Trinajstić information content (AvgIpc) is 3.21. The number of rotatable bonds is 9. The van der Waals surface area contributed by atoms with Crippen LogP contribution in [0.5, 0.6) is 0 Å². The van der Waals surface area contributed by atoms with E-state index in [0.29, 0.717) is 22.6 Å². The van der Waals surface area contributed by atoms with E-state index < -0.39 is 9.73 Å². The topological polar surface area (TPSA) is 111 Å². The minimum Gasteiger partial charge on any atom is -0.394 e. The second kappa shape index (κ2) is 9.55. The average molecular weight is 446 g/mol. The highest BCUT2D eigenvalue weighted by atomic mass is 32.2. The van der Waals surface area contributed by atoms with Gasteiger partial charge < -0.3 is 15.7 Å². The zero-order chi connectivity index (χ0) is 21.7. The third-order valence-corrected chi connectivity index (χ3v) is 6.35. The molecule has 0 aliphatic carbocycles. The second-order valence-corrected chi connectivity index (χ2v) is 10.6. The highest BCUT2D eigenvalue weighted by molar-refractivity contribution is 7.91. The third kappa shape index (κ3) is 5.78. The molecule has 0 spiro atoms. The van der Waals surface area contributed by atoms with Crippen LogP contribution in [-0.2, 0) is 9.73 Å². The lowest BCUT2D eigenvalue weighted by atomic mass is 10.0. The zero-order valence-corrected chi connectivity index (χ0v) is 18.9. The van der Waals surface area contributed by atoms with E-state index in [9.17, 15) is 9.32 Å². The number of anilines is 3. The molecule has 2 aromatic heterocycles. The van der Waals surface area contributed by atoms with Crippen molar-refractivity contribution in [3.05, 3.63) is 47.3 Å². The first-order chi connectivity index (χ1) is 14.3. The van der Waals surface area contributed by atoms with Crippen molar-refractivity contribution < 1.29 is 9.32 Å². The Balaban J connectivity index is 1.89. The Hall–Kier alpha value is -2.49. The Labute approximate surface area is 181 Å². The van der Waals surface area contributed by atoms with E-state index in [1.807, 2.05) is 16.8 Å². The molecule has 0 fully saturated rings. The summed E-state index contributed by atoms with van der Waals surface area (Å²) in [5.41, 5.74) is 2.63. The van der Waals surface area contributed by atoms with Crippen molar-refractivity contribution >= 4 is 38.5 Å². The minimum atomic E-state index is -2.75. The maximum atomic E-state index is 11.9. The van der Waals surface area contributed by atoms with Gasteiger partial charge in [-0.05, 0) is 59.0 Å². The third-order valence-electron chi connectivity index (χ3n) is 4.50. The fraction of sp³-hybridized carbons (Fsp3) is 0.333. The van der Waals surface area contributed by atoms with Gasteiger partial charge in [0.1, 0.15) is 5.82 Å². The van der Waals surface area contributed by atoms with Crippen molar-refractivity contribution in [3.63, 3.8) is 0 Å². The number of aromatic nitrogens is 2. The summed E-state index contributed by atoms with van der Waals surface area (Å²) in [4.78, 5) is 9.57. The number of nitrogens with one attached hydrogen (secondary N) is 3. The molecule has 0 amide bonds. The Morgan fingerprint density at radius 3 is 2.53 bits per heavy atom. The Morgan fingerprint density at radius 2 is 1.97 bits per heavy atom. The summed E-state index contributed by atoms with van der Waals surface area (Å²) >= 11 is 1.60. The number of benzene rings is 1. The van der Waals surface area contributed by atoms with Gasteiger partial charge in [-0.25, -0.2) is 14.0 Å². The van der Waals surface area contributed by atoms with Crippen molar-refractivity contribution in [2.45, 2.75) is 31.2 Å². The number of hydrogen-bond acceptors (Lipinski definition) is 8. The molecule has 0 aliphatic rings. The van der Waals surface area contributed by atoms with E-state index in [0.717, 1.165) is 23.2 Å². The smallest absolute Gasteiger partial charge is 0.229 e. The van der Waals surface area contributed by atoms with Crippen LogP contribution in [0.1, 0.15) is 20.3 Å². The van der Waals surface area contributed by atoms with Crippen LogP contribution in [0, 0.1) is 10.7 Å². The Bertz CT molecular complexity index is 1070. The van der Waals surface area contributed by atoms with Gasteiger partial charge in [0.05, 0.1) is 22.4 Å². The summed E-state index contributed by atoms with van der Waals surface area (Å²) in [5, 5.41) is 20.4. The number of thiophene rings is 1. The zero-order valence-electron chi connectivity index (χ0n) is 17.3. The maximum Gasteiger partial charge on any atom is 0.229 e. The number of aliphatic hydroxyl groups is 1. The molecule has 3 rings (SSSR count). The molecule has 30 heavy (non-hydrogen) atoms.